The smallest absolute Gasteiger partial charge is 0.288 e. The molecular formula is C10H19N2O2+. The average molecular weight is 199 g/mol. The lowest BCUT2D eigenvalue weighted by atomic mass is 9.99. The van der Waals surface area contributed by atoms with Crippen LogP contribution in [0.4, 0.5) is 0 Å². The summed E-state index contributed by atoms with van der Waals surface area (Å²) in [6.45, 7) is 5.73. The number of hydrogen-bond acceptors (Lipinski definition) is 3. The quantitative estimate of drug-likeness (QED) is 0.460. The predicted octanol–water partition coefficient (Wildman–Crippen LogP) is 1.60. The van der Waals surface area contributed by atoms with E-state index >= 15 is 0 Å². The average Bonchev–Trinajstić information content (AvgIpc) is 2.67. The van der Waals surface area contributed by atoms with Crippen molar-refractivity contribution in [1.29, 1.82) is 0 Å². The Morgan fingerprint density at radius 3 is 2.14 bits per heavy atom. The molecule has 1 heterocycles. The van der Waals surface area contributed by atoms with Crippen LogP contribution in [0.25, 0.3) is 0 Å². The van der Waals surface area contributed by atoms with E-state index in [0.717, 1.165) is 31.4 Å². The fourth-order valence-electron chi connectivity index (χ4n) is 2.70. The van der Waals surface area contributed by atoms with E-state index in [9.17, 15) is 10.4 Å². The molecule has 1 spiro atoms. The van der Waals surface area contributed by atoms with Gasteiger partial charge in [0.25, 0.3) is 5.66 Å². The highest BCUT2D eigenvalue weighted by Crippen LogP contribution is 2.42. The Hall–Kier alpha value is -0.610. The van der Waals surface area contributed by atoms with Gasteiger partial charge in [0.15, 0.2) is 0 Å². The highest BCUT2D eigenvalue weighted by atomic mass is 16.6. The second-order valence-corrected chi connectivity index (χ2v) is 4.96. The van der Waals surface area contributed by atoms with Crippen molar-refractivity contribution in [1.82, 2.24) is 5.06 Å². The van der Waals surface area contributed by atoms with E-state index < -0.39 is 11.2 Å². The summed E-state index contributed by atoms with van der Waals surface area (Å²) < 4.78 is 1.28. The van der Waals surface area contributed by atoms with Gasteiger partial charge in [0.05, 0.1) is 0 Å². The van der Waals surface area contributed by atoms with E-state index in [1.165, 1.54) is 9.80 Å². The summed E-state index contributed by atoms with van der Waals surface area (Å²) in [7, 11) is 0. The Labute approximate surface area is 84.4 Å². The van der Waals surface area contributed by atoms with Gasteiger partial charge in [0, 0.05) is 19.8 Å². The lowest BCUT2D eigenvalue weighted by Gasteiger charge is -2.29. The van der Waals surface area contributed by atoms with Crippen molar-refractivity contribution in [3.8, 4) is 0 Å². The highest BCUT2D eigenvalue weighted by molar-refractivity contribution is 5.87. The van der Waals surface area contributed by atoms with E-state index in [0.29, 0.717) is 0 Å². The van der Waals surface area contributed by atoms with Crippen LogP contribution in [0.3, 0.4) is 0 Å². The van der Waals surface area contributed by atoms with E-state index in [2.05, 4.69) is 0 Å². The lowest BCUT2D eigenvalue weighted by molar-refractivity contribution is -0.840. The molecule has 80 valence electrons. The summed E-state index contributed by atoms with van der Waals surface area (Å²) in [5.41, 5.74) is -0.186. The zero-order valence-corrected chi connectivity index (χ0v) is 9.12. The minimum absolute atomic E-state index is 0.459. The van der Waals surface area contributed by atoms with Gasteiger partial charge in [0.2, 0.25) is 5.71 Å². The third-order valence-corrected chi connectivity index (χ3v) is 3.93. The van der Waals surface area contributed by atoms with Crippen LogP contribution in [-0.2, 0) is 0 Å². The van der Waals surface area contributed by atoms with Gasteiger partial charge in [-0.3, -0.25) is 5.21 Å². The molecule has 4 nitrogen and oxygen atoms in total. The molecule has 2 N–H and O–H groups in total. The Bertz CT molecular complexity index is 290. The predicted molar refractivity (Wildman–Crippen MR) is 51.6 cm³/mol. The summed E-state index contributed by atoms with van der Waals surface area (Å²) in [5.74, 6) is 0. The van der Waals surface area contributed by atoms with E-state index in [1.54, 1.807) is 0 Å². The van der Waals surface area contributed by atoms with Crippen molar-refractivity contribution >= 4 is 5.71 Å². The third-order valence-electron chi connectivity index (χ3n) is 3.93. The highest BCUT2D eigenvalue weighted by Gasteiger charge is 2.64. The first-order valence-corrected chi connectivity index (χ1v) is 5.25. The molecule has 0 atom stereocenters. The van der Waals surface area contributed by atoms with Crippen LogP contribution in [0, 0.1) is 0 Å². The maximum absolute atomic E-state index is 10.2. The van der Waals surface area contributed by atoms with Crippen molar-refractivity contribution in [2.75, 3.05) is 0 Å². The van der Waals surface area contributed by atoms with Crippen molar-refractivity contribution < 1.29 is 15.2 Å². The van der Waals surface area contributed by atoms with E-state index in [1.807, 2.05) is 20.8 Å². The molecule has 0 bridgehead atoms. The van der Waals surface area contributed by atoms with Gasteiger partial charge in [-0.05, 0) is 31.4 Å². The normalized spacial score (nSPS) is 30.6. The first-order valence-electron chi connectivity index (χ1n) is 5.25. The summed E-state index contributed by atoms with van der Waals surface area (Å²) in [5, 5.41) is 21.5. The first kappa shape index (κ1) is 9.93. The number of hydrogen-bond donors (Lipinski definition) is 2. The molecular weight excluding hydrogens is 180 g/mol. The molecule has 4 heteroatoms. The van der Waals surface area contributed by atoms with Gasteiger partial charge in [-0.2, -0.15) is 0 Å². The topological polar surface area (TPSA) is 46.7 Å². The van der Waals surface area contributed by atoms with Crippen LogP contribution >= 0.6 is 0 Å². The molecule has 0 unspecified atom stereocenters. The third kappa shape index (κ3) is 0.929. The molecule has 1 fully saturated rings. The zero-order valence-electron chi connectivity index (χ0n) is 9.12. The molecule has 1 aliphatic carbocycles. The molecule has 1 saturated carbocycles. The molecule has 2 aliphatic rings. The molecule has 14 heavy (non-hydrogen) atoms. The molecule has 0 saturated heterocycles. The molecule has 0 amide bonds. The van der Waals surface area contributed by atoms with Crippen LogP contribution in [0.15, 0.2) is 0 Å². The van der Waals surface area contributed by atoms with Crippen LogP contribution in [0.1, 0.15) is 46.5 Å². The van der Waals surface area contributed by atoms with E-state index in [4.69, 9.17) is 0 Å². The standard InChI is InChI=1S/C10H19N2O2/c1-8-9(2,3)12(14)10(11(8)13)6-4-5-7-10/h13-14H,4-7H2,1-3H3/q+1. The summed E-state index contributed by atoms with van der Waals surface area (Å²) >= 11 is 0. The zero-order chi connectivity index (χ0) is 10.6. The summed E-state index contributed by atoms with van der Waals surface area (Å²) in [6.07, 6.45) is 3.80. The number of hydroxylamine groups is 3. The monoisotopic (exact) mass is 199 g/mol. The maximum atomic E-state index is 10.2. The largest absolute Gasteiger partial charge is 0.307 e. The fourth-order valence-corrected chi connectivity index (χ4v) is 2.70. The van der Waals surface area contributed by atoms with Crippen LogP contribution in [0.5, 0.6) is 0 Å². The van der Waals surface area contributed by atoms with Gasteiger partial charge >= 0.3 is 0 Å². The minimum Gasteiger partial charge on any atom is -0.307 e. The molecule has 0 aromatic carbocycles. The van der Waals surface area contributed by atoms with Gasteiger partial charge in [0.1, 0.15) is 5.54 Å². The number of nitrogens with zero attached hydrogens (tertiary/aromatic N) is 2. The number of rotatable bonds is 0. The Kier molecular flexibility index (Phi) is 1.92. The Morgan fingerprint density at radius 1 is 1.29 bits per heavy atom. The molecule has 0 aromatic rings. The van der Waals surface area contributed by atoms with Crippen LogP contribution in [0.2, 0.25) is 0 Å². The first-order chi connectivity index (χ1) is 6.43. The van der Waals surface area contributed by atoms with Crippen LogP contribution < -0.4 is 0 Å². The maximum Gasteiger partial charge on any atom is 0.288 e. The Morgan fingerprint density at radius 2 is 1.79 bits per heavy atom. The molecule has 2 rings (SSSR count). The van der Waals surface area contributed by atoms with Gasteiger partial charge in [-0.1, -0.05) is 0 Å². The van der Waals surface area contributed by atoms with Crippen molar-refractivity contribution in [2.45, 2.75) is 57.7 Å². The minimum atomic E-state index is -0.548. The fraction of sp³-hybridized carbons (Fsp3) is 0.900. The molecule has 0 aromatic heterocycles. The molecule has 1 aliphatic heterocycles. The summed E-state index contributed by atoms with van der Waals surface area (Å²) in [4.78, 5) is 0. The van der Waals surface area contributed by atoms with Crippen molar-refractivity contribution in [2.24, 2.45) is 0 Å². The lowest BCUT2D eigenvalue weighted by Crippen LogP contribution is -2.53. The second kappa shape index (κ2) is 2.70. The Balaban J connectivity index is 2.47. The van der Waals surface area contributed by atoms with E-state index in [-0.39, 0.29) is 0 Å². The van der Waals surface area contributed by atoms with Crippen LogP contribution in [-0.4, -0.2) is 37.1 Å². The second-order valence-electron chi connectivity index (χ2n) is 4.96. The summed E-state index contributed by atoms with van der Waals surface area (Å²) in [6, 6.07) is 0. The SMILES string of the molecule is CC1=[N+](O)C2(CCCC2)N(O)C1(C)C. The molecule has 0 radical (unpaired) electrons. The van der Waals surface area contributed by atoms with Crippen molar-refractivity contribution in [3.05, 3.63) is 0 Å². The van der Waals surface area contributed by atoms with Gasteiger partial charge in [-0.15, -0.1) is 5.06 Å². The van der Waals surface area contributed by atoms with Crippen molar-refractivity contribution in [3.63, 3.8) is 0 Å². The van der Waals surface area contributed by atoms with Gasteiger partial charge < -0.3 is 5.21 Å². The van der Waals surface area contributed by atoms with Gasteiger partial charge in [-0.25, -0.2) is 0 Å².